The van der Waals surface area contributed by atoms with Crippen LogP contribution in [0.5, 0.6) is 0 Å². The number of hydrogen-bond donors (Lipinski definition) is 1. The molecular formula is C20H24N4. The quantitative estimate of drug-likeness (QED) is 0.885. The van der Waals surface area contributed by atoms with Gasteiger partial charge in [0.25, 0.3) is 0 Å². The number of nitrogens with one attached hydrogen (secondary N) is 1. The van der Waals surface area contributed by atoms with Crippen LogP contribution in [0, 0.1) is 11.3 Å². The van der Waals surface area contributed by atoms with E-state index in [1.807, 2.05) is 6.07 Å². The minimum atomic E-state index is 0.373. The Morgan fingerprint density at radius 1 is 1.21 bits per heavy atom. The van der Waals surface area contributed by atoms with Gasteiger partial charge in [0.15, 0.2) is 0 Å². The molecule has 0 saturated carbocycles. The van der Waals surface area contributed by atoms with Crippen molar-refractivity contribution in [3.05, 3.63) is 59.8 Å². The first-order valence-corrected chi connectivity index (χ1v) is 8.73. The molecule has 3 rings (SSSR count). The fourth-order valence-electron chi connectivity index (χ4n) is 3.33. The van der Waals surface area contributed by atoms with Crippen molar-refractivity contribution < 1.29 is 0 Å². The molecule has 1 fully saturated rings. The third-order valence-electron chi connectivity index (χ3n) is 4.56. The van der Waals surface area contributed by atoms with Gasteiger partial charge >= 0.3 is 0 Å². The van der Waals surface area contributed by atoms with Gasteiger partial charge in [-0.1, -0.05) is 30.3 Å². The molecule has 0 radical (unpaired) electrons. The van der Waals surface area contributed by atoms with E-state index in [9.17, 15) is 5.26 Å². The normalized spacial score (nSPS) is 18.0. The van der Waals surface area contributed by atoms with Crippen LogP contribution in [0.4, 0.5) is 5.82 Å². The number of hydrogen-bond acceptors (Lipinski definition) is 4. The number of nitriles is 1. The maximum atomic E-state index is 9.18. The molecule has 0 bridgehead atoms. The summed E-state index contributed by atoms with van der Waals surface area (Å²) in [4.78, 5) is 6.85. The molecule has 1 saturated heterocycles. The monoisotopic (exact) mass is 320 g/mol. The van der Waals surface area contributed by atoms with Gasteiger partial charge in [-0.05, 0) is 56.5 Å². The molecule has 0 unspecified atom stereocenters. The summed E-state index contributed by atoms with van der Waals surface area (Å²) in [5, 5.41) is 12.6. The Labute approximate surface area is 144 Å². The summed E-state index contributed by atoms with van der Waals surface area (Å²) in [6.45, 7) is 3.32. The number of likely N-dealkylation sites (tertiary alicyclic amines) is 1. The number of nitrogens with zero attached hydrogens (tertiary/aromatic N) is 3. The lowest BCUT2D eigenvalue weighted by molar-refractivity contribution is 0.214. The Bertz CT molecular complexity index is 678. The molecule has 24 heavy (non-hydrogen) atoms. The highest BCUT2D eigenvalue weighted by Crippen LogP contribution is 2.17. The van der Waals surface area contributed by atoms with E-state index in [-0.39, 0.29) is 0 Å². The Kier molecular flexibility index (Phi) is 5.81. The highest BCUT2D eigenvalue weighted by molar-refractivity contribution is 5.51. The van der Waals surface area contributed by atoms with Crippen molar-refractivity contribution in [3.8, 4) is 6.07 Å². The average molecular weight is 320 g/mol. The van der Waals surface area contributed by atoms with Crippen LogP contribution in [-0.2, 0) is 6.42 Å². The Morgan fingerprint density at radius 3 is 2.92 bits per heavy atom. The topological polar surface area (TPSA) is 52.0 Å². The fourth-order valence-corrected chi connectivity index (χ4v) is 3.33. The van der Waals surface area contributed by atoms with Gasteiger partial charge in [0, 0.05) is 18.8 Å². The third kappa shape index (κ3) is 4.56. The second-order valence-electron chi connectivity index (χ2n) is 6.38. The standard InChI is InChI=1S/C20H24N4/c21-15-18-10-4-12-22-20(18)23-19-11-6-14-24(16-19)13-5-9-17-7-2-1-3-8-17/h1-4,7-8,10,12,19H,5-6,9,11,13-14,16H2,(H,22,23)/t19-/m1/s1. The molecular weight excluding hydrogens is 296 g/mol. The first-order chi connectivity index (χ1) is 11.8. The lowest BCUT2D eigenvalue weighted by atomic mass is 10.0. The number of aromatic nitrogens is 1. The van der Waals surface area contributed by atoms with Gasteiger partial charge in [0.2, 0.25) is 0 Å². The van der Waals surface area contributed by atoms with Gasteiger partial charge in [-0.2, -0.15) is 5.26 Å². The van der Waals surface area contributed by atoms with Gasteiger partial charge < -0.3 is 10.2 Å². The van der Waals surface area contributed by atoms with Crippen LogP contribution in [0.15, 0.2) is 48.7 Å². The molecule has 2 heterocycles. The zero-order chi connectivity index (χ0) is 16.6. The van der Waals surface area contributed by atoms with Crippen LogP contribution in [0.1, 0.15) is 30.4 Å². The molecule has 0 spiro atoms. The lowest BCUT2D eigenvalue weighted by Crippen LogP contribution is -2.42. The van der Waals surface area contributed by atoms with Crippen molar-refractivity contribution in [2.75, 3.05) is 25.0 Å². The first-order valence-electron chi connectivity index (χ1n) is 8.73. The number of rotatable bonds is 6. The number of aryl methyl sites for hydroxylation is 1. The van der Waals surface area contributed by atoms with E-state index in [0.29, 0.717) is 11.6 Å². The molecule has 1 aliphatic heterocycles. The zero-order valence-corrected chi connectivity index (χ0v) is 14.0. The highest BCUT2D eigenvalue weighted by Gasteiger charge is 2.20. The van der Waals surface area contributed by atoms with Crippen LogP contribution in [0.2, 0.25) is 0 Å². The van der Waals surface area contributed by atoms with Crippen molar-refractivity contribution in [1.29, 1.82) is 5.26 Å². The van der Waals surface area contributed by atoms with Crippen LogP contribution in [-0.4, -0.2) is 35.6 Å². The fraction of sp³-hybridized carbons (Fsp3) is 0.400. The van der Waals surface area contributed by atoms with Gasteiger partial charge in [-0.3, -0.25) is 0 Å². The predicted molar refractivity (Wildman–Crippen MR) is 96.8 cm³/mol. The number of pyridine rings is 1. The van der Waals surface area contributed by atoms with Crippen molar-refractivity contribution in [1.82, 2.24) is 9.88 Å². The summed E-state index contributed by atoms with van der Waals surface area (Å²) in [7, 11) is 0. The summed E-state index contributed by atoms with van der Waals surface area (Å²) >= 11 is 0. The van der Waals surface area contributed by atoms with Gasteiger partial charge in [0.1, 0.15) is 11.9 Å². The van der Waals surface area contributed by atoms with E-state index in [1.165, 1.54) is 24.9 Å². The van der Waals surface area contributed by atoms with Crippen molar-refractivity contribution in [2.24, 2.45) is 0 Å². The SMILES string of the molecule is N#Cc1cccnc1N[C@@H]1CCCN(CCCc2ccccc2)C1. The molecule has 0 aliphatic carbocycles. The number of anilines is 1. The van der Waals surface area contributed by atoms with Crippen LogP contribution >= 0.6 is 0 Å². The highest BCUT2D eigenvalue weighted by atomic mass is 15.2. The van der Waals surface area contributed by atoms with Crippen molar-refractivity contribution >= 4 is 5.82 Å². The average Bonchev–Trinajstić information content (AvgIpc) is 2.63. The molecule has 1 aliphatic rings. The van der Waals surface area contributed by atoms with Crippen molar-refractivity contribution in [3.63, 3.8) is 0 Å². The Balaban J connectivity index is 1.48. The summed E-state index contributed by atoms with van der Waals surface area (Å²) in [5.41, 5.74) is 2.04. The third-order valence-corrected chi connectivity index (χ3v) is 4.56. The molecule has 1 aromatic carbocycles. The maximum absolute atomic E-state index is 9.18. The van der Waals surface area contributed by atoms with Crippen LogP contribution in [0.25, 0.3) is 0 Å². The van der Waals surface area contributed by atoms with E-state index in [1.54, 1.807) is 12.3 Å². The van der Waals surface area contributed by atoms with Gasteiger partial charge in [0.05, 0.1) is 5.56 Å². The maximum Gasteiger partial charge on any atom is 0.144 e. The lowest BCUT2D eigenvalue weighted by Gasteiger charge is -2.33. The molecule has 1 N–H and O–H groups in total. The smallest absolute Gasteiger partial charge is 0.144 e. The zero-order valence-electron chi connectivity index (χ0n) is 14.0. The van der Waals surface area contributed by atoms with E-state index in [2.05, 4.69) is 51.6 Å². The second kappa shape index (κ2) is 8.47. The van der Waals surface area contributed by atoms with Crippen LogP contribution in [0.3, 0.4) is 0 Å². The molecule has 0 amide bonds. The molecule has 2 aromatic rings. The molecule has 1 aromatic heterocycles. The van der Waals surface area contributed by atoms with E-state index < -0.39 is 0 Å². The number of piperidine rings is 1. The van der Waals surface area contributed by atoms with E-state index in [0.717, 1.165) is 31.7 Å². The summed E-state index contributed by atoms with van der Waals surface area (Å²) < 4.78 is 0. The molecule has 4 heteroatoms. The van der Waals surface area contributed by atoms with Gasteiger partial charge in [-0.15, -0.1) is 0 Å². The summed E-state index contributed by atoms with van der Waals surface area (Å²) in [6.07, 6.45) is 6.38. The minimum absolute atomic E-state index is 0.373. The minimum Gasteiger partial charge on any atom is -0.365 e. The van der Waals surface area contributed by atoms with E-state index >= 15 is 0 Å². The first kappa shape index (κ1) is 16.5. The van der Waals surface area contributed by atoms with Gasteiger partial charge in [-0.25, -0.2) is 4.98 Å². The largest absolute Gasteiger partial charge is 0.365 e. The molecule has 4 nitrogen and oxygen atoms in total. The second-order valence-corrected chi connectivity index (χ2v) is 6.38. The molecule has 124 valence electrons. The van der Waals surface area contributed by atoms with Crippen LogP contribution < -0.4 is 5.32 Å². The summed E-state index contributed by atoms with van der Waals surface area (Å²) in [6, 6.07) is 16.9. The number of benzene rings is 1. The summed E-state index contributed by atoms with van der Waals surface area (Å²) in [5.74, 6) is 0.719. The van der Waals surface area contributed by atoms with Crippen molar-refractivity contribution in [2.45, 2.75) is 31.7 Å². The molecule has 1 atom stereocenters. The Hall–Kier alpha value is -2.38. The predicted octanol–water partition coefficient (Wildman–Crippen LogP) is 3.46. The van der Waals surface area contributed by atoms with E-state index in [4.69, 9.17) is 0 Å². The Morgan fingerprint density at radius 2 is 2.08 bits per heavy atom.